The van der Waals surface area contributed by atoms with E-state index >= 15 is 0 Å². The Bertz CT molecular complexity index is 632. The van der Waals surface area contributed by atoms with Crippen molar-refractivity contribution < 1.29 is 19.1 Å². The summed E-state index contributed by atoms with van der Waals surface area (Å²) in [7, 11) is 0. The molecule has 0 saturated heterocycles. The van der Waals surface area contributed by atoms with Crippen LogP contribution in [0.25, 0.3) is 0 Å². The van der Waals surface area contributed by atoms with E-state index < -0.39 is 5.97 Å². The number of ether oxygens (including phenoxy) is 2. The highest BCUT2D eigenvalue weighted by molar-refractivity contribution is 5.91. The summed E-state index contributed by atoms with van der Waals surface area (Å²) in [6.45, 7) is 2.52. The van der Waals surface area contributed by atoms with Crippen molar-refractivity contribution in [2.24, 2.45) is 0 Å². The van der Waals surface area contributed by atoms with Crippen LogP contribution in [-0.2, 0) is 4.74 Å². The second-order valence-corrected chi connectivity index (χ2v) is 5.12. The molecule has 0 heterocycles. The summed E-state index contributed by atoms with van der Waals surface area (Å²) in [6, 6.07) is 15.1. The molecule has 0 aromatic heterocycles. The van der Waals surface area contributed by atoms with Gasteiger partial charge in [0.1, 0.15) is 5.75 Å². The van der Waals surface area contributed by atoms with Crippen LogP contribution >= 0.6 is 0 Å². The first-order chi connectivity index (χ1) is 11.2. The molecule has 4 heteroatoms. The average molecular weight is 312 g/mol. The van der Waals surface area contributed by atoms with Gasteiger partial charge in [-0.05, 0) is 42.8 Å². The summed E-state index contributed by atoms with van der Waals surface area (Å²) in [4.78, 5) is 23.8. The van der Waals surface area contributed by atoms with Crippen molar-refractivity contribution in [2.45, 2.75) is 26.2 Å². The molecule has 0 atom stereocenters. The molecule has 0 aliphatic rings. The summed E-state index contributed by atoms with van der Waals surface area (Å²) in [6.07, 6.45) is 3.00. The van der Waals surface area contributed by atoms with Crippen LogP contribution < -0.4 is 4.74 Å². The molecule has 0 spiro atoms. The SMILES string of the molecule is CCCCCOC(=O)c1ccc(OC(=O)c2ccccc2)cc1. The van der Waals surface area contributed by atoms with Gasteiger partial charge in [0, 0.05) is 0 Å². The second kappa shape index (κ2) is 8.73. The molecule has 0 radical (unpaired) electrons. The number of carbonyl (C=O) groups excluding carboxylic acids is 2. The summed E-state index contributed by atoms with van der Waals surface area (Å²) in [5.74, 6) is -0.399. The van der Waals surface area contributed by atoms with Gasteiger partial charge in [-0.2, -0.15) is 0 Å². The molecule has 0 bridgehead atoms. The van der Waals surface area contributed by atoms with Crippen LogP contribution in [0.2, 0.25) is 0 Å². The number of hydrogen-bond acceptors (Lipinski definition) is 4. The zero-order valence-corrected chi connectivity index (χ0v) is 13.2. The van der Waals surface area contributed by atoms with Crippen molar-refractivity contribution in [2.75, 3.05) is 6.61 Å². The molecule has 0 aliphatic carbocycles. The van der Waals surface area contributed by atoms with Crippen molar-refractivity contribution >= 4 is 11.9 Å². The molecule has 2 aromatic rings. The lowest BCUT2D eigenvalue weighted by Crippen LogP contribution is -2.09. The molecule has 0 amide bonds. The Hall–Kier alpha value is -2.62. The van der Waals surface area contributed by atoms with Crippen LogP contribution in [0.5, 0.6) is 5.75 Å². The summed E-state index contributed by atoms with van der Waals surface area (Å²) < 4.78 is 10.4. The van der Waals surface area contributed by atoms with E-state index in [4.69, 9.17) is 9.47 Å². The van der Waals surface area contributed by atoms with Gasteiger partial charge in [0.25, 0.3) is 0 Å². The molecular formula is C19H20O4. The number of unbranched alkanes of at least 4 members (excludes halogenated alkanes) is 2. The Kier molecular flexibility index (Phi) is 6.36. The molecule has 120 valence electrons. The first kappa shape index (κ1) is 16.7. The third-order valence-electron chi connectivity index (χ3n) is 3.29. The van der Waals surface area contributed by atoms with Gasteiger partial charge in [-0.1, -0.05) is 38.0 Å². The summed E-state index contributed by atoms with van der Waals surface area (Å²) in [5.41, 5.74) is 0.924. The minimum atomic E-state index is -0.430. The van der Waals surface area contributed by atoms with Gasteiger partial charge >= 0.3 is 11.9 Å². The molecule has 0 N–H and O–H groups in total. The number of benzene rings is 2. The fourth-order valence-corrected chi connectivity index (χ4v) is 2.00. The third kappa shape index (κ3) is 5.25. The highest BCUT2D eigenvalue weighted by atomic mass is 16.5. The van der Waals surface area contributed by atoms with E-state index in [1.54, 1.807) is 48.5 Å². The van der Waals surface area contributed by atoms with Gasteiger partial charge in [0.05, 0.1) is 17.7 Å². The van der Waals surface area contributed by atoms with Crippen LogP contribution in [0.1, 0.15) is 46.9 Å². The minimum Gasteiger partial charge on any atom is -0.462 e. The predicted octanol–water partition coefficient (Wildman–Crippen LogP) is 4.25. The second-order valence-electron chi connectivity index (χ2n) is 5.12. The summed E-state index contributed by atoms with van der Waals surface area (Å²) in [5, 5.41) is 0. The Morgan fingerprint density at radius 1 is 0.826 bits per heavy atom. The zero-order chi connectivity index (χ0) is 16.5. The molecule has 4 nitrogen and oxygen atoms in total. The van der Waals surface area contributed by atoms with Gasteiger partial charge in [-0.15, -0.1) is 0 Å². The van der Waals surface area contributed by atoms with Gasteiger partial charge in [0.2, 0.25) is 0 Å². The average Bonchev–Trinajstić information content (AvgIpc) is 2.60. The van der Waals surface area contributed by atoms with Crippen LogP contribution in [0, 0.1) is 0 Å². The first-order valence-corrected chi connectivity index (χ1v) is 7.75. The molecule has 0 aliphatic heterocycles. The lowest BCUT2D eigenvalue weighted by Gasteiger charge is -2.06. The van der Waals surface area contributed by atoms with Crippen molar-refractivity contribution in [3.63, 3.8) is 0 Å². The minimum absolute atomic E-state index is 0.359. The normalized spacial score (nSPS) is 10.1. The van der Waals surface area contributed by atoms with Crippen LogP contribution in [-0.4, -0.2) is 18.5 Å². The molecule has 23 heavy (non-hydrogen) atoms. The van der Waals surface area contributed by atoms with Crippen LogP contribution in [0.15, 0.2) is 54.6 Å². The van der Waals surface area contributed by atoms with Gasteiger partial charge in [0.15, 0.2) is 0 Å². The standard InChI is InChI=1S/C19H20O4/c1-2-3-7-14-22-18(20)16-10-12-17(13-11-16)23-19(21)15-8-5-4-6-9-15/h4-6,8-13H,2-3,7,14H2,1H3. The molecule has 0 saturated carbocycles. The van der Waals surface area contributed by atoms with Gasteiger partial charge in [-0.25, -0.2) is 9.59 Å². The maximum atomic E-state index is 11.9. The monoisotopic (exact) mass is 312 g/mol. The molecule has 2 rings (SSSR count). The number of esters is 2. The smallest absolute Gasteiger partial charge is 0.343 e. The van der Waals surface area contributed by atoms with E-state index in [2.05, 4.69) is 6.92 Å². The highest BCUT2D eigenvalue weighted by Crippen LogP contribution is 2.15. The Morgan fingerprint density at radius 3 is 2.13 bits per heavy atom. The van der Waals surface area contributed by atoms with Crippen LogP contribution in [0.4, 0.5) is 0 Å². The topological polar surface area (TPSA) is 52.6 Å². The largest absolute Gasteiger partial charge is 0.462 e. The molecular weight excluding hydrogens is 292 g/mol. The van der Waals surface area contributed by atoms with Crippen LogP contribution in [0.3, 0.4) is 0 Å². The van der Waals surface area contributed by atoms with E-state index in [9.17, 15) is 9.59 Å². The predicted molar refractivity (Wildman–Crippen MR) is 87.7 cm³/mol. The highest BCUT2D eigenvalue weighted by Gasteiger charge is 2.10. The fraction of sp³-hybridized carbons (Fsp3) is 0.263. The van der Waals surface area contributed by atoms with E-state index in [1.165, 1.54) is 0 Å². The van der Waals surface area contributed by atoms with E-state index in [-0.39, 0.29) is 5.97 Å². The first-order valence-electron chi connectivity index (χ1n) is 7.75. The zero-order valence-electron chi connectivity index (χ0n) is 13.2. The van der Waals surface area contributed by atoms with Gasteiger partial charge in [-0.3, -0.25) is 0 Å². The Labute approximate surface area is 136 Å². The lowest BCUT2D eigenvalue weighted by molar-refractivity contribution is 0.0498. The number of rotatable bonds is 7. The van der Waals surface area contributed by atoms with Gasteiger partial charge < -0.3 is 9.47 Å². The number of carbonyl (C=O) groups is 2. The summed E-state index contributed by atoms with van der Waals surface area (Å²) >= 11 is 0. The van der Waals surface area contributed by atoms with Crippen molar-refractivity contribution in [3.05, 3.63) is 65.7 Å². The maximum absolute atomic E-state index is 11.9. The quantitative estimate of drug-likeness (QED) is 0.435. The molecule has 0 fully saturated rings. The molecule has 0 unspecified atom stereocenters. The Morgan fingerprint density at radius 2 is 1.48 bits per heavy atom. The lowest BCUT2D eigenvalue weighted by atomic mass is 10.2. The third-order valence-corrected chi connectivity index (χ3v) is 3.29. The molecule has 2 aromatic carbocycles. The van der Waals surface area contributed by atoms with E-state index in [0.717, 1.165) is 19.3 Å². The number of hydrogen-bond donors (Lipinski definition) is 0. The van der Waals surface area contributed by atoms with Crippen molar-refractivity contribution in [3.8, 4) is 5.75 Å². The van der Waals surface area contributed by atoms with E-state index in [1.807, 2.05) is 6.07 Å². The van der Waals surface area contributed by atoms with E-state index in [0.29, 0.717) is 23.5 Å². The van der Waals surface area contributed by atoms with Crippen molar-refractivity contribution in [1.29, 1.82) is 0 Å². The maximum Gasteiger partial charge on any atom is 0.343 e. The fourth-order valence-electron chi connectivity index (χ4n) is 2.00. The Balaban J connectivity index is 1.89. The van der Waals surface area contributed by atoms with Crippen molar-refractivity contribution in [1.82, 2.24) is 0 Å².